The molecule has 0 aromatic heterocycles. The number of carboxylic acid groups (broad SMARTS) is 1. The standard InChI is InChI=1S/C14H14N2O5/c17-8-5-11-14(21)16(7-12(18)19)10-4-2-1-3-9(10)13(20)15(11)6-8/h1-4,8,11,17H,5-7H2,(H,18,19). The molecule has 7 nitrogen and oxygen atoms in total. The lowest BCUT2D eigenvalue weighted by atomic mass is 10.1. The van der Waals surface area contributed by atoms with E-state index < -0.39 is 30.6 Å². The van der Waals surface area contributed by atoms with Crippen LogP contribution in [-0.2, 0) is 9.59 Å². The van der Waals surface area contributed by atoms with Gasteiger partial charge < -0.3 is 15.1 Å². The number of rotatable bonds is 2. The number of carbonyl (C=O) groups is 3. The number of fused-ring (bicyclic) bond motifs is 2. The largest absolute Gasteiger partial charge is 0.480 e. The second-order valence-electron chi connectivity index (χ2n) is 5.20. The Morgan fingerprint density at radius 3 is 2.71 bits per heavy atom. The Kier molecular flexibility index (Phi) is 3.13. The van der Waals surface area contributed by atoms with E-state index >= 15 is 0 Å². The Hall–Kier alpha value is -2.41. The van der Waals surface area contributed by atoms with Crippen LogP contribution in [-0.4, -0.2) is 58.1 Å². The smallest absolute Gasteiger partial charge is 0.323 e. The number of hydrogen-bond acceptors (Lipinski definition) is 4. The molecule has 0 spiro atoms. The minimum atomic E-state index is -1.16. The summed E-state index contributed by atoms with van der Waals surface area (Å²) in [4.78, 5) is 38.6. The quantitative estimate of drug-likeness (QED) is 0.779. The van der Waals surface area contributed by atoms with Crippen molar-refractivity contribution in [3.05, 3.63) is 29.8 Å². The summed E-state index contributed by atoms with van der Waals surface area (Å²) in [7, 11) is 0. The summed E-state index contributed by atoms with van der Waals surface area (Å²) < 4.78 is 0. The third kappa shape index (κ3) is 2.15. The molecule has 0 bridgehead atoms. The fourth-order valence-electron chi connectivity index (χ4n) is 2.91. The first-order valence-electron chi connectivity index (χ1n) is 6.60. The van der Waals surface area contributed by atoms with E-state index in [-0.39, 0.29) is 24.4 Å². The summed E-state index contributed by atoms with van der Waals surface area (Å²) in [5, 5.41) is 18.7. The molecule has 3 rings (SSSR count). The number of para-hydroxylation sites is 1. The van der Waals surface area contributed by atoms with E-state index in [1.807, 2.05) is 0 Å². The fraction of sp³-hybridized carbons (Fsp3) is 0.357. The molecule has 1 aromatic carbocycles. The monoisotopic (exact) mass is 290 g/mol. The van der Waals surface area contributed by atoms with Crippen molar-refractivity contribution in [3.63, 3.8) is 0 Å². The number of aliphatic hydroxyl groups is 1. The van der Waals surface area contributed by atoms with Crippen LogP contribution < -0.4 is 4.90 Å². The molecule has 0 aliphatic carbocycles. The Labute approximate surface area is 120 Å². The van der Waals surface area contributed by atoms with Crippen molar-refractivity contribution in [2.24, 2.45) is 0 Å². The zero-order chi connectivity index (χ0) is 15.1. The maximum Gasteiger partial charge on any atom is 0.323 e. The number of benzene rings is 1. The van der Waals surface area contributed by atoms with E-state index in [2.05, 4.69) is 0 Å². The van der Waals surface area contributed by atoms with Gasteiger partial charge in [-0.25, -0.2) is 0 Å². The number of aliphatic hydroxyl groups excluding tert-OH is 1. The Morgan fingerprint density at radius 1 is 1.29 bits per heavy atom. The van der Waals surface area contributed by atoms with Gasteiger partial charge >= 0.3 is 5.97 Å². The van der Waals surface area contributed by atoms with Crippen molar-refractivity contribution >= 4 is 23.5 Å². The SMILES string of the molecule is O=C(O)CN1C(=O)C2CC(O)CN2C(=O)c2ccccc21. The van der Waals surface area contributed by atoms with Gasteiger partial charge in [0.15, 0.2) is 0 Å². The molecule has 1 saturated heterocycles. The second kappa shape index (κ2) is 4.85. The Bertz CT molecular complexity index is 630. The van der Waals surface area contributed by atoms with Gasteiger partial charge in [-0.1, -0.05) is 12.1 Å². The highest BCUT2D eigenvalue weighted by Crippen LogP contribution is 2.32. The third-order valence-electron chi connectivity index (χ3n) is 3.81. The van der Waals surface area contributed by atoms with Crippen LogP contribution in [0, 0.1) is 0 Å². The first-order valence-corrected chi connectivity index (χ1v) is 6.60. The lowest BCUT2D eigenvalue weighted by Crippen LogP contribution is -2.46. The molecule has 1 fully saturated rings. The minimum absolute atomic E-state index is 0.0878. The van der Waals surface area contributed by atoms with Gasteiger partial charge in [-0.05, 0) is 12.1 Å². The molecule has 2 N–H and O–H groups in total. The molecule has 110 valence electrons. The number of carbonyl (C=O) groups excluding carboxylic acids is 2. The van der Waals surface area contributed by atoms with Gasteiger partial charge in [-0.3, -0.25) is 19.3 Å². The van der Waals surface area contributed by atoms with Crippen molar-refractivity contribution in [3.8, 4) is 0 Å². The van der Waals surface area contributed by atoms with Crippen molar-refractivity contribution in [1.29, 1.82) is 0 Å². The van der Waals surface area contributed by atoms with Gasteiger partial charge in [0.25, 0.3) is 5.91 Å². The molecule has 2 heterocycles. The van der Waals surface area contributed by atoms with Gasteiger partial charge in [0.05, 0.1) is 17.4 Å². The first-order chi connectivity index (χ1) is 9.99. The van der Waals surface area contributed by atoms with E-state index in [0.29, 0.717) is 5.69 Å². The molecule has 21 heavy (non-hydrogen) atoms. The normalized spacial score (nSPS) is 24.6. The highest BCUT2D eigenvalue weighted by Gasteiger charge is 2.45. The highest BCUT2D eigenvalue weighted by molar-refractivity contribution is 6.12. The van der Waals surface area contributed by atoms with Gasteiger partial charge in [0.2, 0.25) is 5.91 Å². The number of amides is 2. The molecule has 2 unspecified atom stereocenters. The lowest BCUT2D eigenvalue weighted by Gasteiger charge is -2.24. The highest BCUT2D eigenvalue weighted by atomic mass is 16.4. The number of carboxylic acids is 1. The van der Waals surface area contributed by atoms with E-state index in [1.54, 1.807) is 24.3 Å². The maximum atomic E-state index is 12.6. The molecule has 2 aliphatic rings. The summed E-state index contributed by atoms with van der Waals surface area (Å²) in [5.74, 6) is -1.97. The molecule has 2 atom stereocenters. The molecule has 0 saturated carbocycles. The van der Waals surface area contributed by atoms with Gasteiger partial charge in [-0.2, -0.15) is 0 Å². The lowest BCUT2D eigenvalue weighted by molar-refractivity contribution is -0.137. The molecule has 2 amide bonds. The van der Waals surface area contributed by atoms with Gasteiger partial charge in [-0.15, -0.1) is 0 Å². The fourth-order valence-corrected chi connectivity index (χ4v) is 2.91. The van der Waals surface area contributed by atoms with Gasteiger partial charge in [0.1, 0.15) is 12.6 Å². The number of nitrogens with zero attached hydrogens (tertiary/aromatic N) is 2. The average Bonchev–Trinajstić information content (AvgIpc) is 2.82. The van der Waals surface area contributed by atoms with Crippen LogP contribution in [0.15, 0.2) is 24.3 Å². The van der Waals surface area contributed by atoms with E-state index in [0.717, 1.165) is 4.90 Å². The van der Waals surface area contributed by atoms with E-state index in [4.69, 9.17) is 5.11 Å². The zero-order valence-corrected chi connectivity index (χ0v) is 11.1. The molecule has 7 heteroatoms. The zero-order valence-electron chi connectivity index (χ0n) is 11.1. The van der Waals surface area contributed by atoms with Crippen LogP contribution in [0.2, 0.25) is 0 Å². The summed E-state index contributed by atoms with van der Waals surface area (Å²) in [6.07, 6.45) is -0.630. The molecule has 1 aromatic rings. The Morgan fingerprint density at radius 2 is 2.00 bits per heavy atom. The number of anilines is 1. The third-order valence-corrected chi connectivity index (χ3v) is 3.81. The molecule has 0 radical (unpaired) electrons. The van der Waals surface area contributed by atoms with Crippen molar-refractivity contribution in [2.75, 3.05) is 18.0 Å². The van der Waals surface area contributed by atoms with E-state index in [1.165, 1.54) is 4.90 Å². The van der Waals surface area contributed by atoms with E-state index in [9.17, 15) is 19.5 Å². The topological polar surface area (TPSA) is 98.2 Å². The number of aliphatic carboxylic acids is 1. The van der Waals surface area contributed by atoms with Crippen molar-refractivity contribution in [2.45, 2.75) is 18.6 Å². The summed E-state index contributed by atoms with van der Waals surface area (Å²) in [6.45, 7) is -0.423. The van der Waals surface area contributed by atoms with Crippen molar-refractivity contribution < 1.29 is 24.6 Å². The Balaban J connectivity index is 2.12. The summed E-state index contributed by atoms with van der Waals surface area (Å²) >= 11 is 0. The molecular weight excluding hydrogens is 276 g/mol. The van der Waals surface area contributed by atoms with Crippen LogP contribution in [0.1, 0.15) is 16.8 Å². The molecule has 2 aliphatic heterocycles. The first kappa shape index (κ1) is 13.6. The van der Waals surface area contributed by atoms with Crippen LogP contribution in [0.25, 0.3) is 0 Å². The van der Waals surface area contributed by atoms with Crippen molar-refractivity contribution in [1.82, 2.24) is 4.90 Å². The van der Waals surface area contributed by atoms with Crippen LogP contribution in [0.3, 0.4) is 0 Å². The molecular formula is C14H14N2O5. The average molecular weight is 290 g/mol. The predicted octanol–water partition coefficient (Wildman–Crippen LogP) is -0.307. The predicted molar refractivity (Wildman–Crippen MR) is 71.9 cm³/mol. The van der Waals surface area contributed by atoms with Crippen LogP contribution in [0.5, 0.6) is 0 Å². The number of hydrogen-bond donors (Lipinski definition) is 2. The van der Waals surface area contributed by atoms with Crippen LogP contribution >= 0.6 is 0 Å². The second-order valence-corrected chi connectivity index (χ2v) is 5.20. The summed E-state index contributed by atoms with van der Waals surface area (Å²) in [5.41, 5.74) is 0.586. The maximum absolute atomic E-state index is 12.6. The van der Waals surface area contributed by atoms with Gasteiger partial charge in [0, 0.05) is 13.0 Å². The minimum Gasteiger partial charge on any atom is -0.480 e. The summed E-state index contributed by atoms with van der Waals surface area (Å²) in [6, 6.07) is 5.63. The van der Waals surface area contributed by atoms with Crippen LogP contribution in [0.4, 0.5) is 5.69 Å².